The molecule has 288 valence electrons. The normalized spacial score (nSPS) is 13.6. The van der Waals surface area contributed by atoms with Crippen molar-refractivity contribution in [1.82, 2.24) is 9.97 Å². The van der Waals surface area contributed by atoms with Crippen LogP contribution in [0.25, 0.3) is 11.4 Å². The minimum absolute atomic E-state index is 0.0364. The Hall–Kier alpha value is -3.31. The molecule has 20 heteroatoms. The van der Waals surface area contributed by atoms with Crippen LogP contribution in [-0.2, 0) is 20.6 Å². The van der Waals surface area contributed by atoms with Gasteiger partial charge in [0.25, 0.3) is 0 Å². The van der Waals surface area contributed by atoms with Gasteiger partial charge in [0, 0.05) is 36.5 Å². The maximum Gasteiger partial charge on any atom is 0.460 e. The van der Waals surface area contributed by atoms with E-state index in [-0.39, 0.29) is 12.8 Å². The van der Waals surface area contributed by atoms with Crippen molar-refractivity contribution < 1.29 is 80.1 Å². The number of hydrogen-bond acceptors (Lipinski definition) is 5. The molecule has 0 spiro atoms. The summed E-state index contributed by atoms with van der Waals surface area (Å²) in [5.41, 5.74) is 2.24. The minimum Gasteiger partial charge on any atom is -0.372 e. The van der Waals surface area contributed by atoms with Crippen LogP contribution in [0.15, 0.2) is 36.7 Å². The SMILES string of the molecule is CCCCCCCCc1cnc(-c2ccc(C#CCCCOCC(F)(F)OC(F)(F)C(F)(F)OC(F)(F)C(F)(F)C(F)(F)C(F)(F)F)cc2)nc1. The lowest BCUT2D eigenvalue weighted by atomic mass is 10.1. The van der Waals surface area contributed by atoms with Crippen LogP contribution in [-0.4, -0.2) is 65.6 Å². The molecule has 0 unspecified atom stereocenters. The highest BCUT2D eigenvalue weighted by Crippen LogP contribution is 2.56. The number of halogens is 15. The molecule has 0 aliphatic carbocycles. The summed E-state index contributed by atoms with van der Waals surface area (Å²) in [5.74, 6) is -9.85. The zero-order chi connectivity index (χ0) is 38.8. The topological polar surface area (TPSA) is 53.5 Å². The Bertz CT molecular complexity index is 1420. The Morgan fingerprint density at radius 1 is 0.627 bits per heavy atom. The summed E-state index contributed by atoms with van der Waals surface area (Å²) in [6.07, 6.45) is -23.8. The van der Waals surface area contributed by atoms with E-state index in [2.05, 4.69) is 38.2 Å². The summed E-state index contributed by atoms with van der Waals surface area (Å²) in [6.45, 7) is -0.790. The number of unbranched alkanes of at least 4 members (excludes halogenated alkanes) is 6. The average molecular weight is 765 g/mol. The summed E-state index contributed by atoms with van der Waals surface area (Å²) in [4.78, 5) is 8.75. The summed E-state index contributed by atoms with van der Waals surface area (Å²) in [7, 11) is 0. The van der Waals surface area contributed by atoms with E-state index in [0.29, 0.717) is 17.0 Å². The van der Waals surface area contributed by atoms with Crippen molar-refractivity contribution in [1.29, 1.82) is 0 Å². The molecule has 0 N–H and O–H groups in total. The van der Waals surface area contributed by atoms with Gasteiger partial charge in [0.15, 0.2) is 5.82 Å². The first-order valence-electron chi connectivity index (χ1n) is 15.1. The number of nitrogens with zero attached hydrogens (tertiary/aromatic N) is 2. The standard InChI is InChI=1S/C31H31F15N2O3/c1-2-3-4-5-6-8-12-22-18-47-24(48-19-22)23-15-13-21(14-16-23)11-9-7-10-17-49-20-25(32,33)50-30(43,44)31(45,46)51-29(41,42)27(36,37)26(34,35)28(38,39)40/h13-16,18-19H,2-8,10,12,17,20H2,1H3. The van der Waals surface area contributed by atoms with Gasteiger partial charge in [-0.25, -0.2) is 19.4 Å². The zero-order valence-corrected chi connectivity index (χ0v) is 26.5. The van der Waals surface area contributed by atoms with Crippen molar-refractivity contribution in [3.63, 3.8) is 0 Å². The molecule has 0 aliphatic rings. The quantitative estimate of drug-likeness (QED) is 0.0764. The van der Waals surface area contributed by atoms with Gasteiger partial charge in [0.1, 0.15) is 6.61 Å². The Morgan fingerprint density at radius 3 is 1.75 bits per heavy atom. The molecule has 1 aromatic carbocycles. The molecule has 0 radical (unpaired) electrons. The lowest BCUT2D eigenvalue weighted by molar-refractivity contribution is -0.543. The van der Waals surface area contributed by atoms with Gasteiger partial charge >= 0.3 is 42.5 Å². The molecule has 1 aromatic heterocycles. The fourth-order valence-electron chi connectivity index (χ4n) is 3.98. The molecule has 2 rings (SSSR count). The van der Waals surface area contributed by atoms with E-state index < -0.39 is 55.7 Å². The largest absolute Gasteiger partial charge is 0.460 e. The summed E-state index contributed by atoms with van der Waals surface area (Å²) < 4.78 is 204. The molecular weight excluding hydrogens is 733 g/mol. The van der Waals surface area contributed by atoms with Crippen LogP contribution in [0.1, 0.15) is 69.4 Å². The predicted molar refractivity (Wildman–Crippen MR) is 149 cm³/mol. The molecule has 0 saturated carbocycles. The van der Waals surface area contributed by atoms with Crippen molar-refractivity contribution in [2.45, 2.75) is 107 Å². The molecular formula is C31H31F15N2O3. The third-order valence-electron chi connectivity index (χ3n) is 6.75. The van der Waals surface area contributed by atoms with Gasteiger partial charge in [0.05, 0.1) is 0 Å². The second-order valence-electron chi connectivity index (χ2n) is 11.0. The molecule has 0 atom stereocenters. The van der Waals surface area contributed by atoms with Gasteiger partial charge in [-0.2, -0.15) is 65.9 Å². The highest BCUT2D eigenvalue weighted by molar-refractivity contribution is 5.56. The van der Waals surface area contributed by atoms with Crippen LogP contribution in [0.5, 0.6) is 0 Å². The number of aryl methyl sites for hydroxylation is 1. The van der Waals surface area contributed by atoms with Gasteiger partial charge < -0.3 is 4.74 Å². The van der Waals surface area contributed by atoms with Crippen molar-refractivity contribution >= 4 is 0 Å². The van der Waals surface area contributed by atoms with Gasteiger partial charge in [-0.05, 0) is 49.1 Å². The van der Waals surface area contributed by atoms with Crippen molar-refractivity contribution in [3.05, 3.63) is 47.8 Å². The average Bonchev–Trinajstić information content (AvgIpc) is 3.01. The Kier molecular flexibility index (Phi) is 15.0. The molecule has 5 nitrogen and oxygen atoms in total. The van der Waals surface area contributed by atoms with Gasteiger partial charge in [0.2, 0.25) is 0 Å². The lowest BCUT2D eigenvalue weighted by Gasteiger charge is -2.36. The highest BCUT2D eigenvalue weighted by atomic mass is 19.4. The molecule has 51 heavy (non-hydrogen) atoms. The molecule has 0 fully saturated rings. The van der Waals surface area contributed by atoms with E-state index in [1.54, 1.807) is 41.4 Å². The van der Waals surface area contributed by atoms with Gasteiger partial charge in [-0.3, -0.25) is 0 Å². The fraction of sp³-hybridized carbons (Fsp3) is 0.613. The first-order valence-corrected chi connectivity index (χ1v) is 15.1. The zero-order valence-electron chi connectivity index (χ0n) is 26.5. The first-order chi connectivity index (χ1) is 23.4. The Labute approximate surface area is 281 Å². The van der Waals surface area contributed by atoms with E-state index in [1.807, 2.05) is 0 Å². The minimum atomic E-state index is -7.91. The van der Waals surface area contributed by atoms with Crippen molar-refractivity contribution in [3.8, 4) is 23.2 Å². The molecule has 1 heterocycles. The number of hydrogen-bond donors (Lipinski definition) is 0. The second kappa shape index (κ2) is 17.5. The number of ether oxygens (including phenoxy) is 3. The molecule has 0 aliphatic heterocycles. The number of rotatable bonds is 20. The number of aromatic nitrogens is 2. The third kappa shape index (κ3) is 12.1. The Balaban J connectivity index is 1.83. The maximum absolute atomic E-state index is 13.7. The van der Waals surface area contributed by atoms with Crippen molar-refractivity contribution in [2.24, 2.45) is 0 Å². The second-order valence-corrected chi connectivity index (χ2v) is 11.0. The van der Waals surface area contributed by atoms with Crippen LogP contribution < -0.4 is 0 Å². The smallest absolute Gasteiger partial charge is 0.372 e. The summed E-state index contributed by atoms with van der Waals surface area (Å²) in [6, 6.07) is 6.69. The van der Waals surface area contributed by atoms with E-state index in [9.17, 15) is 65.9 Å². The van der Waals surface area contributed by atoms with Crippen LogP contribution in [0.4, 0.5) is 65.9 Å². The van der Waals surface area contributed by atoms with Crippen LogP contribution in [0.3, 0.4) is 0 Å². The number of benzene rings is 1. The summed E-state index contributed by atoms with van der Waals surface area (Å²) in [5, 5.41) is 0. The highest BCUT2D eigenvalue weighted by Gasteiger charge is 2.85. The molecule has 2 aromatic rings. The maximum atomic E-state index is 13.7. The summed E-state index contributed by atoms with van der Waals surface area (Å²) >= 11 is 0. The van der Waals surface area contributed by atoms with Gasteiger partial charge in [-0.15, -0.1) is 0 Å². The van der Waals surface area contributed by atoms with E-state index in [4.69, 9.17) is 0 Å². The predicted octanol–water partition coefficient (Wildman–Crippen LogP) is 10.4. The van der Waals surface area contributed by atoms with E-state index >= 15 is 0 Å². The molecule has 0 saturated heterocycles. The lowest BCUT2D eigenvalue weighted by Crippen LogP contribution is -2.64. The van der Waals surface area contributed by atoms with Crippen LogP contribution >= 0.6 is 0 Å². The van der Waals surface area contributed by atoms with Crippen molar-refractivity contribution in [2.75, 3.05) is 13.2 Å². The monoisotopic (exact) mass is 764 g/mol. The number of alkyl halides is 15. The Morgan fingerprint density at radius 2 is 1.18 bits per heavy atom. The molecule has 0 amide bonds. The van der Waals surface area contributed by atoms with Gasteiger partial charge in [-0.1, -0.05) is 50.9 Å². The third-order valence-corrected chi connectivity index (χ3v) is 6.75. The fourth-order valence-corrected chi connectivity index (χ4v) is 3.98. The van der Waals surface area contributed by atoms with Crippen LogP contribution in [0, 0.1) is 11.8 Å². The van der Waals surface area contributed by atoms with E-state index in [0.717, 1.165) is 24.8 Å². The van der Waals surface area contributed by atoms with Crippen LogP contribution in [0.2, 0.25) is 0 Å². The molecule has 0 bridgehead atoms. The van der Waals surface area contributed by atoms with E-state index in [1.165, 1.54) is 25.7 Å². The first kappa shape index (κ1) is 43.9.